The Morgan fingerprint density at radius 1 is 1.16 bits per heavy atom. The van der Waals surface area contributed by atoms with Crippen molar-refractivity contribution in [3.05, 3.63) is 35.1 Å². The third-order valence-corrected chi connectivity index (χ3v) is 6.61. The number of morpholine rings is 1. The molecule has 2 aliphatic rings. The second-order valence-electron chi connectivity index (χ2n) is 9.80. The molecule has 2 saturated heterocycles. The van der Waals surface area contributed by atoms with Crippen molar-refractivity contribution in [2.24, 2.45) is 11.8 Å². The molecule has 0 saturated carbocycles. The fourth-order valence-electron chi connectivity index (χ4n) is 4.94. The molecule has 3 rings (SSSR count). The molecule has 6 nitrogen and oxygen atoms in total. The number of amides is 2. The first-order valence-electron chi connectivity index (χ1n) is 11.9. The van der Waals surface area contributed by atoms with Crippen LogP contribution in [0.15, 0.2) is 18.2 Å². The number of hydrogen-bond acceptors (Lipinski definition) is 4. The first-order chi connectivity index (χ1) is 15.2. The largest absolute Gasteiger partial charge is 0.373 e. The average molecular weight is 448 g/mol. The maximum absolute atomic E-state index is 13.7. The first-order valence-corrected chi connectivity index (χ1v) is 11.9. The Hall–Kier alpha value is -1.99. The van der Waals surface area contributed by atoms with Gasteiger partial charge in [0.25, 0.3) is 0 Å². The molecular weight excluding hydrogens is 409 g/mol. The van der Waals surface area contributed by atoms with Gasteiger partial charge in [-0.25, -0.2) is 4.39 Å². The van der Waals surface area contributed by atoms with Crippen LogP contribution < -0.4 is 5.32 Å². The highest BCUT2D eigenvalue weighted by molar-refractivity contribution is 5.83. The van der Waals surface area contributed by atoms with Crippen molar-refractivity contribution in [1.82, 2.24) is 15.1 Å². The van der Waals surface area contributed by atoms with E-state index in [1.807, 2.05) is 11.0 Å². The second-order valence-corrected chi connectivity index (χ2v) is 9.80. The molecule has 2 heterocycles. The van der Waals surface area contributed by atoms with Crippen LogP contribution >= 0.6 is 0 Å². The highest BCUT2D eigenvalue weighted by atomic mass is 19.1. The van der Waals surface area contributed by atoms with Crippen molar-refractivity contribution < 1.29 is 18.7 Å². The lowest BCUT2D eigenvalue weighted by molar-refractivity contribution is -0.148. The van der Waals surface area contributed by atoms with E-state index < -0.39 is 0 Å². The predicted molar refractivity (Wildman–Crippen MR) is 122 cm³/mol. The Kier molecular flexibility index (Phi) is 8.28. The lowest BCUT2D eigenvalue weighted by atomic mass is 9.93. The summed E-state index contributed by atoms with van der Waals surface area (Å²) in [5, 5.41) is 2.93. The Balaban J connectivity index is 1.52. The van der Waals surface area contributed by atoms with Gasteiger partial charge >= 0.3 is 0 Å². The standard InChI is InChI=1S/C25H38FN3O3/c1-16(2)23(29-14-18(4)32-19(5)15-29)25(31)28-10-8-21(9-11-28)24(30)27-13-20-7-6-17(3)22(26)12-20/h6-7,12,16,18-19,21,23H,8-11,13-15H2,1-5H3,(H,27,30). The summed E-state index contributed by atoms with van der Waals surface area (Å²) in [6.45, 7) is 13.1. The van der Waals surface area contributed by atoms with Crippen LogP contribution in [-0.4, -0.2) is 66.0 Å². The minimum Gasteiger partial charge on any atom is -0.373 e. The normalized spacial score (nSPS) is 23.9. The van der Waals surface area contributed by atoms with Gasteiger partial charge in [-0.15, -0.1) is 0 Å². The zero-order valence-corrected chi connectivity index (χ0v) is 20.1. The summed E-state index contributed by atoms with van der Waals surface area (Å²) in [6.07, 6.45) is 1.54. The molecule has 1 aromatic rings. The van der Waals surface area contributed by atoms with Crippen molar-refractivity contribution in [3.63, 3.8) is 0 Å². The molecule has 0 bridgehead atoms. The van der Waals surface area contributed by atoms with E-state index in [0.29, 0.717) is 38.0 Å². The molecular formula is C25H38FN3O3. The number of carbonyl (C=O) groups excluding carboxylic acids is 2. The number of piperidine rings is 1. The van der Waals surface area contributed by atoms with E-state index in [1.54, 1.807) is 13.0 Å². The number of rotatable bonds is 6. The molecule has 0 aliphatic carbocycles. The maximum atomic E-state index is 13.7. The van der Waals surface area contributed by atoms with Gasteiger partial charge in [0.2, 0.25) is 11.8 Å². The molecule has 0 aromatic heterocycles. The van der Waals surface area contributed by atoms with Crippen molar-refractivity contribution in [2.75, 3.05) is 26.2 Å². The Morgan fingerprint density at radius 3 is 2.34 bits per heavy atom. The van der Waals surface area contributed by atoms with Crippen LogP contribution in [0.1, 0.15) is 51.7 Å². The SMILES string of the molecule is Cc1ccc(CNC(=O)C2CCN(C(=O)C(C(C)C)N3CC(C)OC(C)C3)CC2)cc1F. The summed E-state index contributed by atoms with van der Waals surface area (Å²) in [7, 11) is 0. The third-order valence-electron chi connectivity index (χ3n) is 6.61. The number of halogens is 1. The topological polar surface area (TPSA) is 61.9 Å². The van der Waals surface area contributed by atoms with Crippen molar-refractivity contribution in [2.45, 2.75) is 72.3 Å². The van der Waals surface area contributed by atoms with Crippen LogP contribution in [0, 0.1) is 24.6 Å². The summed E-state index contributed by atoms with van der Waals surface area (Å²) in [6, 6.07) is 4.86. The van der Waals surface area contributed by atoms with Gasteiger partial charge < -0.3 is 15.0 Å². The quantitative estimate of drug-likeness (QED) is 0.728. The third kappa shape index (κ3) is 6.07. The van der Waals surface area contributed by atoms with Crippen molar-refractivity contribution in [3.8, 4) is 0 Å². The summed E-state index contributed by atoms with van der Waals surface area (Å²) in [5.74, 6) is -0.0249. The van der Waals surface area contributed by atoms with E-state index in [4.69, 9.17) is 4.74 Å². The Labute approximate surface area is 191 Å². The van der Waals surface area contributed by atoms with Crippen LogP contribution in [-0.2, 0) is 20.9 Å². The molecule has 178 valence electrons. The van der Waals surface area contributed by atoms with E-state index >= 15 is 0 Å². The van der Waals surface area contributed by atoms with Crippen LogP contribution in [0.3, 0.4) is 0 Å². The predicted octanol–water partition coefficient (Wildman–Crippen LogP) is 3.12. The van der Waals surface area contributed by atoms with E-state index in [9.17, 15) is 14.0 Å². The minimum atomic E-state index is -0.257. The monoisotopic (exact) mass is 447 g/mol. The van der Waals surface area contributed by atoms with E-state index in [-0.39, 0.29) is 47.7 Å². The van der Waals surface area contributed by atoms with Crippen LogP contribution in [0.5, 0.6) is 0 Å². The molecule has 1 N–H and O–H groups in total. The molecule has 2 fully saturated rings. The highest BCUT2D eigenvalue weighted by Gasteiger charge is 2.38. The summed E-state index contributed by atoms with van der Waals surface area (Å²) >= 11 is 0. The van der Waals surface area contributed by atoms with Gasteiger partial charge in [0.05, 0.1) is 18.2 Å². The lowest BCUT2D eigenvalue weighted by Crippen LogP contribution is -2.58. The number of likely N-dealkylation sites (tertiary alicyclic amines) is 1. The number of hydrogen-bond donors (Lipinski definition) is 1. The van der Waals surface area contributed by atoms with Crippen molar-refractivity contribution in [1.29, 1.82) is 0 Å². The lowest BCUT2D eigenvalue weighted by Gasteiger charge is -2.43. The number of aryl methyl sites for hydroxylation is 1. The first kappa shape index (κ1) is 24.6. The molecule has 32 heavy (non-hydrogen) atoms. The zero-order chi connectivity index (χ0) is 23.4. The maximum Gasteiger partial charge on any atom is 0.240 e. The molecule has 1 aromatic carbocycles. The average Bonchev–Trinajstić information content (AvgIpc) is 2.73. The minimum absolute atomic E-state index is 0.0191. The molecule has 0 spiro atoms. The number of benzene rings is 1. The van der Waals surface area contributed by atoms with Gasteiger partial charge in [-0.05, 0) is 56.7 Å². The fraction of sp³-hybridized carbons (Fsp3) is 0.680. The summed E-state index contributed by atoms with van der Waals surface area (Å²) < 4.78 is 19.6. The van der Waals surface area contributed by atoms with Gasteiger partial charge in [-0.2, -0.15) is 0 Å². The Bertz CT molecular complexity index is 798. The van der Waals surface area contributed by atoms with Gasteiger partial charge in [0, 0.05) is 38.6 Å². The summed E-state index contributed by atoms with van der Waals surface area (Å²) in [5.41, 5.74) is 1.35. The number of nitrogens with zero attached hydrogens (tertiary/aromatic N) is 2. The van der Waals surface area contributed by atoms with E-state index in [0.717, 1.165) is 18.7 Å². The van der Waals surface area contributed by atoms with E-state index in [1.165, 1.54) is 6.07 Å². The fourth-order valence-corrected chi connectivity index (χ4v) is 4.94. The number of nitrogens with one attached hydrogen (secondary N) is 1. The highest BCUT2D eigenvalue weighted by Crippen LogP contribution is 2.24. The molecule has 0 radical (unpaired) electrons. The molecule has 3 atom stereocenters. The van der Waals surface area contributed by atoms with Gasteiger partial charge in [-0.1, -0.05) is 26.0 Å². The van der Waals surface area contributed by atoms with Crippen molar-refractivity contribution >= 4 is 11.8 Å². The second kappa shape index (κ2) is 10.8. The molecule has 2 aliphatic heterocycles. The van der Waals surface area contributed by atoms with Gasteiger partial charge in [-0.3, -0.25) is 14.5 Å². The smallest absolute Gasteiger partial charge is 0.240 e. The van der Waals surface area contributed by atoms with E-state index in [2.05, 4.69) is 37.9 Å². The molecule has 7 heteroatoms. The van der Waals surface area contributed by atoms with Gasteiger partial charge in [0.15, 0.2) is 0 Å². The van der Waals surface area contributed by atoms with Crippen LogP contribution in [0.2, 0.25) is 0 Å². The number of ether oxygens (including phenoxy) is 1. The Morgan fingerprint density at radius 2 is 1.78 bits per heavy atom. The van der Waals surface area contributed by atoms with Gasteiger partial charge in [0.1, 0.15) is 5.82 Å². The zero-order valence-electron chi connectivity index (χ0n) is 20.1. The molecule has 3 unspecified atom stereocenters. The summed E-state index contributed by atoms with van der Waals surface area (Å²) in [4.78, 5) is 30.2. The van der Waals surface area contributed by atoms with Crippen LogP contribution in [0.25, 0.3) is 0 Å². The number of carbonyl (C=O) groups is 2. The van der Waals surface area contributed by atoms with Crippen LogP contribution in [0.4, 0.5) is 4.39 Å². The molecule has 2 amide bonds.